The second-order valence-corrected chi connectivity index (χ2v) is 6.51. The monoisotopic (exact) mass is 438 g/mol. The van der Waals surface area contributed by atoms with Gasteiger partial charge in [0.15, 0.2) is 5.12 Å². The van der Waals surface area contributed by atoms with Crippen molar-refractivity contribution in [3.63, 3.8) is 0 Å². The summed E-state index contributed by atoms with van der Waals surface area (Å²) in [5, 5.41) is 0.791. The first-order chi connectivity index (χ1) is 9.45. The predicted molar refractivity (Wildman–Crippen MR) is 93.4 cm³/mol. The number of halogens is 3. The molecule has 6 heteroatoms. The molecular weight excluding hydrogens is 430 g/mol. The third-order valence-corrected chi connectivity index (χ3v) is 4.22. The van der Waals surface area contributed by atoms with Crippen molar-refractivity contribution >= 4 is 63.5 Å². The lowest BCUT2D eigenvalue weighted by atomic mass is 10.1. The molecule has 0 spiro atoms. The van der Waals surface area contributed by atoms with Crippen molar-refractivity contribution < 1.29 is 9.53 Å². The summed E-state index contributed by atoms with van der Waals surface area (Å²) >= 11 is 17.9. The lowest BCUT2D eigenvalue weighted by Crippen LogP contribution is -1.97. The summed E-state index contributed by atoms with van der Waals surface area (Å²) in [6.07, 6.45) is 0.257. The first kappa shape index (κ1) is 15.9. The standard InChI is InChI=1S/C14H9Cl2IO2S/c15-9-1-4-13(11(16)7-9)19-10-2-3-12(17)8(5-10)6-14(18)20/h1-5,7H,6H2,(H,18,20). The molecule has 2 rings (SSSR count). The predicted octanol–water partition coefficient (Wildman–Crippen LogP) is 5.39. The van der Waals surface area contributed by atoms with Crippen LogP contribution in [0.3, 0.4) is 0 Å². The number of thiol groups is 1. The molecule has 0 aliphatic heterocycles. The van der Waals surface area contributed by atoms with Crippen molar-refractivity contribution in [2.45, 2.75) is 6.42 Å². The summed E-state index contributed by atoms with van der Waals surface area (Å²) in [7, 11) is 0. The maximum absolute atomic E-state index is 11.1. The zero-order valence-electron chi connectivity index (χ0n) is 10.1. The molecule has 0 aliphatic carbocycles. The van der Waals surface area contributed by atoms with E-state index in [1.807, 2.05) is 12.1 Å². The zero-order valence-corrected chi connectivity index (χ0v) is 14.6. The van der Waals surface area contributed by atoms with Gasteiger partial charge in [0.1, 0.15) is 11.5 Å². The van der Waals surface area contributed by atoms with Gasteiger partial charge in [0.25, 0.3) is 0 Å². The SMILES string of the molecule is O=C(S)Cc1cc(Oc2ccc(Cl)cc2Cl)ccc1I. The Morgan fingerprint density at radius 1 is 1.20 bits per heavy atom. The maximum atomic E-state index is 11.1. The Labute approximate surface area is 146 Å². The summed E-state index contributed by atoms with van der Waals surface area (Å²) in [6, 6.07) is 10.5. The van der Waals surface area contributed by atoms with E-state index in [2.05, 4.69) is 35.2 Å². The van der Waals surface area contributed by atoms with Gasteiger partial charge in [-0.2, -0.15) is 0 Å². The van der Waals surface area contributed by atoms with E-state index in [0.717, 1.165) is 9.13 Å². The van der Waals surface area contributed by atoms with Crippen LogP contribution in [0.2, 0.25) is 10.0 Å². The summed E-state index contributed by atoms with van der Waals surface area (Å²) in [6.45, 7) is 0. The Balaban J connectivity index is 2.27. The molecule has 0 saturated carbocycles. The lowest BCUT2D eigenvalue weighted by Gasteiger charge is -2.10. The summed E-state index contributed by atoms with van der Waals surface area (Å²) in [4.78, 5) is 11.1. The van der Waals surface area contributed by atoms with Crippen LogP contribution in [-0.2, 0) is 11.2 Å². The van der Waals surface area contributed by atoms with Crippen molar-refractivity contribution in [3.05, 3.63) is 55.6 Å². The molecule has 2 aromatic rings. The van der Waals surface area contributed by atoms with E-state index >= 15 is 0 Å². The average molecular weight is 439 g/mol. The molecule has 0 bridgehead atoms. The molecule has 0 saturated heterocycles. The molecule has 0 radical (unpaired) electrons. The highest BCUT2D eigenvalue weighted by atomic mass is 127. The van der Waals surface area contributed by atoms with Crippen molar-refractivity contribution in [2.75, 3.05) is 0 Å². The molecule has 2 aromatic carbocycles. The number of rotatable bonds is 4. The molecule has 0 amide bonds. The Kier molecular flexibility index (Phi) is 5.60. The molecule has 0 aliphatic rings. The lowest BCUT2D eigenvalue weighted by molar-refractivity contribution is -0.110. The van der Waals surface area contributed by atoms with Crippen LogP contribution >= 0.6 is 58.4 Å². The smallest absolute Gasteiger partial charge is 0.190 e. The van der Waals surface area contributed by atoms with Crippen LogP contribution in [0, 0.1) is 3.57 Å². The van der Waals surface area contributed by atoms with Crippen LogP contribution in [0.1, 0.15) is 5.56 Å². The molecule has 0 aromatic heterocycles. The fourth-order valence-electron chi connectivity index (χ4n) is 1.60. The number of ether oxygens (including phenoxy) is 1. The summed E-state index contributed by atoms with van der Waals surface area (Å²) in [5.74, 6) is 1.12. The van der Waals surface area contributed by atoms with Crippen LogP contribution in [0.4, 0.5) is 0 Å². The van der Waals surface area contributed by atoms with Gasteiger partial charge in [-0.25, -0.2) is 0 Å². The second kappa shape index (κ2) is 7.02. The number of carbonyl (C=O) groups excluding carboxylic acids is 1. The van der Waals surface area contributed by atoms with E-state index in [-0.39, 0.29) is 11.5 Å². The fraction of sp³-hybridized carbons (Fsp3) is 0.0714. The normalized spacial score (nSPS) is 10.4. The van der Waals surface area contributed by atoms with Gasteiger partial charge in [0.05, 0.1) is 5.02 Å². The molecule has 20 heavy (non-hydrogen) atoms. The minimum Gasteiger partial charge on any atom is -0.456 e. The van der Waals surface area contributed by atoms with Crippen LogP contribution in [0.25, 0.3) is 0 Å². The Bertz CT molecular complexity index is 662. The number of benzene rings is 2. The minimum absolute atomic E-state index is 0.190. The first-order valence-electron chi connectivity index (χ1n) is 5.59. The van der Waals surface area contributed by atoms with E-state index in [9.17, 15) is 4.79 Å². The van der Waals surface area contributed by atoms with Gasteiger partial charge in [0.2, 0.25) is 0 Å². The molecule has 0 unspecified atom stereocenters. The highest BCUT2D eigenvalue weighted by Crippen LogP contribution is 2.32. The third-order valence-electron chi connectivity index (χ3n) is 2.48. The quantitative estimate of drug-likeness (QED) is 0.511. The molecule has 104 valence electrons. The maximum Gasteiger partial charge on any atom is 0.190 e. The highest BCUT2D eigenvalue weighted by molar-refractivity contribution is 14.1. The molecular formula is C14H9Cl2IO2S. The Hall–Kier alpha value is -0.430. The fourth-order valence-corrected chi connectivity index (χ4v) is 2.74. The number of hydrogen-bond acceptors (Lipinski definition) is 2. The largest absolute Gasteiger partial charge is 0.456 e. The minimum atomic E-state index is -0.190. The van der Waals surface area contributed by atoms with Crippen LogP contribution < -0.4 is 4.74 Å². The zero-order chi connectivity index (χ0) is 14.7. The summed E-state index contributed by atoms with van der Waals surface area (Å²) < 4.78 is 6.70. The van der Waals surface area contributed by atoms with Gasteiger partial charge in [0, 0.05) is 15.0 Å². The number of hydrogen-bond donors (Lipinski definition) is 1. The van der Waals surface area contributed by atoms with Gasteiger partial charge in [-0.15, -0.1) is 12.6 Å². The summed E-state index contributed by atoms with van der Waals surface area (Å²) in [5.41, 5.74) is 0.869. The third kappa shape index (κ3) is 4.28. The van der Waals surface area contributed by atoms with Gasteiger partial charge >= 0.3 is 0 Å². The Morgan fingerprint density at radius 2 is 1.95 bits per heavy atom. The van der Waals surface area contributed by atoms with Gasteiger partial charge in [-0.05, 0) is 64.6 Å². The highest BCUT2D eigenvalue weighted by Gasteiger charge is 2.08. The molecule has 2 nitrogen and oxygen atoms in total. The van der Waals surface area contributed by atoms with Crippen molar-refractivity contribution in [1.29, 1.82) is 0 Å². The second-order valence-electron chi connectivity index (χ2n) is 4.00. The first-order valence-corrected chi connectivity index (χ1v) is 7.87. The van der Waals surface area contributed by atoms with E-state index in [4.69, 9.17) is 27.9 Å². The number of carbonyl (C=O) groups is 1. The molecule has 0 fully saturated rings. The molecule has 0 atom stereocenters. The van der Waals surface area contributed by atoms with Crippen LogP contribution in [0.15, 0.2) is 36.4 Å². The molecule has 0 heterocycles. The van der Waals surface area contributed by atoms with Crippen LogP contribution in [0.5, 0.6) is 11.5 Å². The topological polar surface area (TPSA) is 26.3 Å². The van der Waals surface area contributed by atoms with E-state index in [1.54, 1.807) is 24.3 Å². The van der Waals surface area contributed by atoms with Gasteiger partial charge in [-0.1, -0.05) is 23.2 Å². The van der Waals surface area contributed by atoms with Gasteiger partial charge < -0.3 is 4.74 Å². The van der Waals surface area contributed by atoms with Crippen LogP contribution in [-0.4, -0.2) is 5.12 Å². The van der Waals surface area contributed by atoms with E-state index < -0.39 is 0 Å². The average Bonchev–Trinajstić information content (AvgIpc) is 2.36. The molecule has 0 N–H and O–H groups in total. The van der Waals surface area contributed by atoms with Crippen molar-refractivity contribution in [3.8, 4) is 11.5 Å². The van der Waals surface area contributed by atoms with E-state index in [0.29, 0.717) is 21.5 Å². The van der Waals surface area contributed by atoms with Crippen molar-refractivity contribution in [1.82, 2.24) is 0 Å². The van der Waals surface area contributed by atoms with Crippen molar-refractivity contribution in [2.24, 2.45) is 0 Å². The van der Waals surface area contributed by atoms with Gasteiger partial charge in [-0.3, -0.25) is 4.79 Å². The van der Waals surface area contributed by atoms with E-state index in [1.165, 1.54) is 0 Å². The Morgan fingerprint density at radius 3 is 2.60 bits per heavy atom.